The van der Waals surface area contributed by atoms with Crippen LogP contribution in [0.2, 0.25) is 0 Å². The van der Waals surface area contributed by atoms with Gasteiger partial charge in [0, 0.05) is 23.3 Å². The fraction of sp³-hybridized carbons (Fsp3) is 0.316. The third kappa shape index (κ3) is 5.15. The summed E-state index contributed by atoms with van der Waals surface area (Å²) in [5.74, 6) is -0.327. The number of carbonyl (C=O) groups excluding carboxylic acids is 1. The minimum Gasteiger partial charge on any atom is -0.406 e. The molecule has 7 heteroatoms. The molecule has 1 aliphatic carbocycles. The van der Waals surface area contributed by atoms with Gasteiger partial charge in [0.2, 0.25) is 0 Å². The molecule has 138 valence electrons. The predicted octanol–water partition coefficient (Wildman–Crippen LogP) is 4.65. The number of anilines is 1. The lowest BCUT2D eigenvalue weighted by molar-refractivity contribution is -0.274. The van der Waals surface area contributed by atoms with Crippen LogP contribution in [0.1, 0.15) is 41.7 Å². The summed E-state index contributed by atoms with van der Waals surface area (Å²) in [4.78, 5) is 12.0. The largest absolute Gasteiger partial charge is 0.573 e. The first-order valence-electron chi connectivity index (χ1n) is 8.33. The van der Waals surface area contributed by atoms with Gasteiger partial charge in [0.25, 0.3) is 5.91 Å². The summed E-state index contributed by atoms with van der Waals surface area (Å²) >= 11 is 0. The third-order valence-electron chi connectivity index (χ3n) is 4.06. The van der Waals surface area contributed by atoms with Crippen LogP contribution in [0.3, 0.4) is 0 Å². The zero-order chi connectivity index (χ0) is 18.7. The van der Waals surface area contributed by atoms with E-state index in [0.29, 0.717) is 11.6 Å². The molecule has 1 amide bonds. The van der Waals surface area contributed by atoms with Crippen molar-refractivity contribution in [1.82, 2.24) is 5.32 Å². The molecule has 1 fully saturated rings. The van der Waals surface area contributed by atoms with Gasteiger partial charge in [-0.25, -0.2) is 0 Å². The van der Waals surface area contributed by atoms with E-state index >= 15 is 0 Å². The normalized spacial score (nSPS) is 15.2. The predicted molar refractivity (Wildman–Crippen MR) is 92.1 cm³/mol. The van der Waals surface area contributed by atoms with Crippen molar-refractivity contribution in [3.05, 3.63) is 59.7 Å². The monoisotopic (exact) mass is 364 g/mol. The van der Waals surface area contributed by atoms with Crippen molar-refractivity contribution in [2.45, 2.75) is 38.2 Å². The van der Waals surface area contributed by atoms with Crippen molar-refractivity contribution in [3.8, 4) is 5.75 Å². The molecule has 1 saturated carbocycles. The van der Waals surface area contributed by atoms with Gasteiger partial charge in [-0.3, -0.25) is 4.79 Å². The second-order valence-corrected chi connectivity index (χ2v) is 6.31. The number of alkyl halides is 3. The van der Waals surface area contributed by atoms with Gasteiger partial charge in [0.05, 0.1) is 0 Å². The Hall–Kier alpha value is -2.70. The Balaban J connectivity index is 1.58. The van der Waals surface area contributed by atoms with E-state index in [2.05, 4.69) is 15.4 Å². The highest BCUT2D eigenvalue weighted by molar-refractivity contribution is 5.94. The number of ether oxygens (including phenoxy) is 1. The van der Waals surface area contributed by atoms with Crippen LogP contribution in [0, 0.1) is 0 Å². The maximum absolute atomic E-state index is 12.2. The lowest BCUT2D eigenvalue weighted by atomic mass is 10.1. The standard InChI is InChI=1S/C19H19F3N2O2/c1-12(13-4-10-17(11-5-13)26-19(20,21)22)23-15-6-2-14(3-7-15)18(25)24-16-8-9-16/h2-7,10-12,16,23H,8-9H2,1H3,(H,24,25). The van der Waals surface area contributed by atoms with E-state index in [1.807, 2.05) is 6.92 Å². The molecular weight excluding hydrogens is 345 g/mol. The number of halogens is 3. The van der Waals surface area contributed by atoms with Gasteiger partial charge in [-0.05, 0) is 61.7 Å². The van der Waals surface area contributed by atoms with E-state index in [1.165, 1.54) is 12.1 Å². The highest BCUT2D eigenvalue weighted by atomic mass is 19.4. The molecule has 26 heavy (non-hydrogen) atoms. The van der Waals surface area contributed by atoms with Gasteiger partial charge in [0.15, 0.2) is 0 Å². The Bertz CT molecular complexity index is 754. The second-order valence-electron chi connectivity index (χ2n) is 6.31. The maximum Gasteiger partial charge on any atom is 0.573 e. The van der Waals surface area contributed by atoms with Crippen LogP contribution in [-0.2, 0) is 0 Å². The van der Waals surface area contributed by atoms with Crippen molar-refractivity contribution in [2.75, 3.05) is 5.32 Å². The molecule has 0 aliphatic heterocycles. The molecular formula is C19H19F3N2O2. The van der Waals surface area contributed by atoms with Gasteiger partial charge in [-0.15, -0.1) is 13.2 Å². The van der Waals surface area contributed by atoms with Gasteiger partial charge in [-0.2, -0.15) is 0 Å². The second kappa shape index (κ2) is 7.27. The number of rotatable bonds is 6. The van der Waals surface area contributed by atoms with E-state index in [4.69, 9.17) is 0 Å². The van der Waals surface area contributed by atoms with E-state index in [9.17, 15) is 18.0 Å². The molecule has 3 rings (SSSR count). The number of hydrogen-bond donors (Lipinski definition) is 2. The molecule has 0 saturated heterocycles. The lowest BCUT2D eigenvalue weighted by Gasteiger charge is -2.17. The average molecular weight is 364 g/mol. The number of amides is 1. The molecule has 0 radical (unpaired) electrons. The summed E-state index contributed by atoms with van der Waals surface area (Å²) in [5, 5.41) is 6.18. The lowest BCUT2D eigenvalue weighted by Crippen LogP contribution is -2.25. The van der Waals surface area contributed by atoms with Crippen LogP contribution in [0.5, 0.6) is 5.75 Å². The summed E-state index contributed by atoms with van der Waals surface area (Å²) in [7, 11) is 0. The Labute approximate surface area is 149 Å². The van der Waals surface area contributed by atoms with Crippen LogP contribution in [-0.4, -0.2) is 18.3 Å². The van der Waals surface area contributed by atoms with E-state index < -0.39 is 6.36 Å². The summed E-state index contributed by atoms with van der Waals surface area (Å²) in [5.41, 5.74) is 2.23. The average Bonchev–Trinajstić information content (AvgIpc) is 3.38. The molecule has 0 heterocycles. The molecule has 2 N–H and O–H groups in total. The Morgan fingerprint density at radius 3 is 2.23 bits per heavy atom. The fourth-order valence-electron chi connectivity index (χ4n) is 2.51. The summed E-state index contributed by atoms with van der Waals surface area (Å²) in [6.45, 7) is 1.90. The zero-order valence-corrected chi connectivity index (χ0v) is 14.1. The molecule has 1 unspecified atom stereocenters. The van der Waals surface area contributed by atoms with Crippen molar-refractivity contribution in [3.63, 3.8) is 0 Å². The first-order chi connectivity index (χ1) is 12.3. The summed E-state index contributed by atoms with van der Waals surface area (Å²) in [6, 6.07) is 13.0. The topological polar surface area (TPSA) is 50.4 Å². The number of nitrogens with one attached hydrogen (secondary N) is 2. The molecule has 4 nitrogen and oxygen atoms in total. The Morgan fingerprint density at radius 1 is 1.08 bits per heavy atom. The van der Waals surface area contributed by atoms with Crippen molar-refractivity contribution < 1.29 is 22.7 Å². The summed E-state index contributed by atoms with van der Waals surface area (Å²) < 4.78 is 40.4. The highest BCUT2D eigenvalue weighted by Gasteiger charge is 2.31. The molecule has 2 aromatic rings. The van der Waals surface area contributed by atoms with Crippen molar-refractivity contribution in [1.29, 1.82) is 0 Å². The Morgan fingerprint density at radius 2 is 1.69 bits per heavy atom. The minimum atomic E-state index is -4.70. The molecule has 0 aromatic heterocycles. The van der Waals surface area contributed by atoms with Gasteiger partial charge < -0.3 is 15.4 Å². The van der Waals surface area contributed by atoms with Gasteiger partial charge >= 0.3 is 6.36 Å². The zero-order valence-electron chi connectivity index (χ0n) is 14.1. The van der Waals surface area contributed by atoms with Gasteiger partial charge in [-0.1, -0.05) is 12.1 Å². The van der Waals surface area contributed by atoms with Crippen LogP contribution in [0.4, 0.5) is 18.9 Å². The maximum atomic E-state index is 12.2. The SMILES string of the molecule is CC(Nc1ccc(C(=O)NC2CC2)cc1)c1ccc(OC(F)(F)F)cc1. The molecule has 2 aromatic carbocycles. The van der Waals surface area contributed by atoms with E-state index in [-0.39, 0.29) is 17.7 Å². The van der Waals surface area contributed by atoms with Crippen LogP contribution in [0.25, 0.3) is 0 Å². The van der Waals surface area contributed by atoms with Crippen LogP contribution >= 0.6 is 0 Å². The van der Waals surface area contributed by atoms with E-state index in [1.54, 1.807) is 36.4 Å². The Kier molecular flexibility index (Phi) is 5.06. The van der Waals surface area contributed by atoms with Crippen LogP contribution in [0.15, 0.2) is 48.5 Å². The van der Waals surface area contributed by atoms with Crippen molar-refractivity contribution in [2.24, 2.45) is 0 Å². The first-order valence-corrected chi connectivity index (χ1v) is 8.33. The third-order valence-corrected chi connectivity index (χ3v) is 4.06. The smallest absolute Gasteiger partial charge is 0.406 e. The van der Waals surface area contributed by atoms with E-state index in [0.717, 1.165) is 24.1 Å². The first kappa shape index (κ1) is 18.1. The molecule has 1 aliphatic rings. The number of carbonyl (C=O) groups is 1. The molecule has 0 spiro atoms. The number of hydrogen-bond acceptors (Lipinski definition) is 3. The molecule has 1 atom stereocenters. The summed E-state index contributed by atoms with van der Waals surface area (Å²) in [6.07, 6.45) is -2.62. The molecule has 0 bridgehead atoms. The van der Waals surface area contributed by atoms with Crippen LogP contribution < -0.4 is 15.4 Å². The number of benzene rings is 2. The minimum absolute atomic E-state index is 0.0765. The fourth-order valence-corrected chi connectivity index (χ4v) is 2.51. The van der Waals surface area contributed by atoms with Crippen molar-refractivity contribution >= 4 is 11.6 Å². The highest BCUT2D eigenvalue weighted by Crippen LogP contribution is 2.26. The van der Waals surface area contributed by atoms with Gasteiger partial charge in [0.1, 0.15) is 5.75 Å². The quantitative estimate of drug-likeness (QED) is 0.784.